The van der Waals surface area contributed by atoms with E-state index in [1.54, 1.807) is 0 Å². The zero-order valence-corrected chi connectivity index (χ0v) is 9.59. The highest BCUT2D eigenvalue weighted by molar-refractivity contribution is 4.89. The summed E-state index contributed by atoms with van der Waals surface area (Å²) in [6, 6.07) is 1.34. The second kappa shape index (κ2) is 5.38. The summed E-state index contributed by atoms with van der Waals surface area (Å²) in [4.78, 5) is 2.43. The summed E-state index contributed by atoms with van der Waals surface area (Å²) in [7, 11) is 2.21. The molecule has 0 spiro atoms. The van der Waals surface area contributed by atoms with Crippen LogP contribution in [0.4, 0.5) is 0 Å². The van der Waals surface area contributed by atoms with Crippen LogP contribution in [-0.2, 0) is 0 Å². The van der Waals surface area contributed by atoms with E-state index in [1.165, 1.54) is 13.0 Å². The lowest BCUT2D eigenvalue weighted by atomic mass is 9.90. The van der Waals surface area contributed by atoms with Crippen molar-refractivity contribution in [2.45, 2.75) is 38.8 Å². The molecule has 80 valence electrons. The van der Waals surface area contributed by atoms with Crippen LogP contribution in [0.2, 0.25) is 0 Å². The van der Waals surface area contributed by atoms with Gasteiger partial charge in [0.2, 0.25) is 0 Å². The maximum absolute atomic E-state index is 5.23. The van der Waals surface area contributed by atoms with Gasteiger partial charge in [-0.25, -0.2) is 0 Å². The van der Waals surface area contributed by atoms with Crippen LogP contribution in [0, 0.1) is 18.3 Å². The molecular weight excluding hydrogens is 172 g/mol. The van der Waals surface area contributed by atoms with Crippen LogP contribution in [-0.4, -0.2) is 37.1 Å². The smallest absolute Gasteiger partial charge is 0.0212 e. The van der Waals surface area contributed by atoms with Gasteiger partial charge in [0.1, 0.15) is 0 Å². The van der Waals surface area contributed by atoms with Gasteiger partial charge < -0.3 is 10.2 Å². The Morgan fingerprint density at radius 3 is 2.86 bits per heavy atom. The molecule has 1 fully saturated rings. The van der Waals surface area contributed by atoms with Gasteiger partial charge in [-0.05, 0) is 26.3 Å². The minimum atomic E-state index is 0.648. The molecule has 0 saturated carbocycles. The zero-order valence-electron chi connectivity index (χ0n) is 9.59. The molecule has 1 saturated heterocycles. The molecule has 1 aliphatic heterocycles. The van der Waals surface area contributed by atoms with E-state index in [-0.39, 0.29) is 0 Å². The second-order valence-electron chi connectivity index (χ2n) is 4.52. The Hall–Kier alpha value is -0.520. The van der Waals surface area contributed by atoms with Crippen molar-refractivity contribution in [2.75, 3.05) is 20.1 Å². The third kappa shape index (κ3) is 3.01. The lowest BCUT2D eigenvalue weighted by Crippen LogP contribution is -2.50. The Balaban J connectivity index is 2.34. The lowest BCUT2D eigenvalue weighted by Gasteiger charge is -2.40. The average Bonchev–Trinajstić information content (AvgIpc) is 2.14. The first-order chi connectivity index (χ1) is 6.65. The van der Waals surface area contributed by atoms with Gasteiger partial charge >= 0.3 is 0 Å². The third-order valence-electron chi connectivity index (χ3n) is 3.29. The van der Waals surface area contributed by atoms with Gasteiger partial charge in [0, 0.05) is 31.6 Å². The molecule has 1 heterocycles. The summed E-state index contributed by atoms with van der Waals surface area (Å²) < 4.78 is 0. The first-order valence-electron chi connectivity index (χ1n) is 5.52. The normalized spacial score (nSPS) is 34.0. The van der Waals surface area contributed by atoms with E-state index >= 15 is 0 Å². The molecule has 0 aliphatic carbocycles. The molecule has 0 bridgehead atoms. The summed E-state index contributed by atoms with van der Waals surface area (Å²) in [5.41, 5.74) is 0. The van der Waals surface area contributed by atoms with E-state index in [0.717, 1.165) is 18.9 Å². The third-order valence-corrected chi connectivity index (χ3v) is 3.29. The van der Waals surface area contributed by atoms with Crippen LogP contribution in [0.3, 0.4) is 0 Å². The first-order valence-corrected chi connectivity index (χ1v) is 5.52. The molecule has 1 aliphatic rings. The molecule has 0 amide bonds. The molecule has 2 nitrogen and oxygen atoms in total. The van der Waals surface area contributed by atoms with Crippen molar-refractivity contribution in [3.63, 3.8) is 0 Å². The molecule has 0 aromatic carbocycles. The van der Waals surface area contributed by atoms with Crippen molar-refractivity contribution in [1.82, 2.24) is 10.2 Å². The SMILES string of the molecule is C#CCCNC1CC(C)N(C)CC1C. The predicted molar refractivity (Wildman–Crippen MR) is 61.1 cm³/mol. The van der Waals surface area contributed by atoms with Gasteiger partial charge in [0.05, 0.1) is 0 Å². The largest absolute Gasteiger partial charge is 0.313 e. The minimum absolute atomic E-state index is 0.648. The maximum Gasteiger partial charge on any atom is 0.0212 e. The summed E-state index contributed by atoms with van der Waals surface area (Å²) >= 11 is 0. The highest BCUT2D eigenvalue weighted by Gasteiger charge is 2.27. The Morgan fingerprint density at radius 2 is 2.21 bits per heavy atom. The molecule has 0 radical (unpaired) electrons. The Labute approximate surface area is 88.1 Å². The van der Waals surface area contributed by atoms with Gasteiger partial charge in [-0.2, -0.15) is 0 Å². The van der Waals surface area contributed by atoms with Crippen molar-refractivity contribution in [3.05, 3.63) is 0 Å². The van der Waals surface area contributed by atoms with Crippen molar-refractivity contribution >= 4 is 0 Å². The number of rotatable bonds is 3. The summed E-state index contributed by atoms with van der Waals surface area (Å²) in [5.74, 6) is 3.40. The molecule has 0 aromatic heterocycles. The Morgan fingerprint density at radius 1 is 1.50 bits per heavy atom. The van der Waals surface area contributed by atoms with E-state index in [9.17, 15) is 0 Å². The van der Waals surface area contributed by atoms with E-state index in [4.69, 9.17) is 6.42 Å². The van der Waals surface area contributed by atoms with Crippen LogP contribution >= 0.6 is 0 Å². The molecule has 0 aromatic rings. The number of piperidine rings is 1. The van der Waals surface area contributed by atoms with Crippen molar-refractivity contribution in [2.24, 2.45) is 5.92 Å². The molecule has 2 heteroatoms. The summed E-state index contributed by atoms with van der Waals surface area (Å²) in [6.07, 6.45) is 7.31. The van der Waals surface area contributed by atoms with Crippen molar-refractivity contribution in [3.8, 4) is 12.3 Å². The molecule has 14 heavy (non-hydrogen) atoms. The number of nitrogens with zero attached hydrogens (tertiary/aromatic N) is 1. The van der Waals surface area contributed by atoms with E-state index in [1.807, 2.05) is 0 Å². The van der Waals surface area contributed by atoms with Crippen LogP contribution in [0.1, 0.15) is 26.7 Å². The second-order valence-corrected chi connectivity index (χ2v) is 4.52. The van der Waals surface area contributed by atoms with Crippen LogP contribution in [0.5, 0.6) is 0 Å². The highest BCUT2D eigenvalue weighted by Crippen LogP contribution is 2.20. The average molecular weight is 194 g/mol. The summed E-state index contributed by atoms with van der Waals surface area (Å²) in [6.45, 7) is 6.76. The molecular formula is C12H22N2. The van der Waals surface area contributed by atoms with E-state index < -0.39 is 0 Å². The fraction of sp³-hybridized carbons (Fsp3) is 0.833. The highest BCUT2D eigenvalue weighted by atomic mass is 15.2. The molecule has 1 N–H and O–H groups in total. The van der Waals surface area contributed by atoms with Crippen molar-refractivity contribution in [1.29, 1.82) is 0 Å². The fourth-order valence-corrected chi connectivity index (χ4v) is 2.16. The van der Waals surface area contributed by atoms with Gasteiger partial charge in [-0.3, -0.25) is 0 Å². The molecule has 3 unspecified atom stereocenters. The lowest BCUT2D eigenvalue weighted by molar-refractivity contribution is 0.122. The van der Waals surface area contributed by atoms with Crippen LogP contribution in [0.25, 0.3) is 0 Å². The number of likely N-dealkylation sites (tertiary alicyclic amines) is 1. The molecule has 1 rings (SSSR count). The maximum atomic E-state index is 5.23. The van der Waals surface area contributed by atoms with Gasteiger partial charge in [0.15, 0.2) is 0 Å². The molecule has 3 atom stereocenters. The van der Waals surface area contributed by atoms with Gasteiger partial charge in [-0.1, -0.05) is 6.92 Å². The zero-order chi connectivity index (χ0) is 10.6. The van der Waals surface area contributed by atoms with Crippen LogP contribution in [0.15, 0.2) is 0 Å². The monoisotopic (exact) mass is 194 g/mol. The first kappa shape index (κ1) is 11.6. The Kier molecular flexibility index (Phi) is 4.44. The van der Waals surface area contributed by atoms with E-state index in [2.05, 4.69) is 37.0 Å². The summed E-state index contributed by atoms with van der Waals surface area (Å²) in [5, 5.41) is 3.55. The van der Waals surface area contributed by atoms with Crippen molar-refractivity contribution < 1.29 is 0 Å². The fourth-order valence-electron chi connectivity index (χ4n) is 2.16. The van der Waals surface area contributed by atoms with Gasteiger partial charge in [0.25, 0.3) is 0 Å². The number of terminal acetylenes is 1. The standard InChI is InChI=1S/C12H22N2/c1-5-6-7-13-12-8-11(3)14(4)9-10(12)2/h1,10-13H,6-9H2,2-4H3. The predicted octanol–water partition coefficient (Wildman–Crippen LogP) is 1.33. The Bertz CT molecular complexity index is 207. The number of nitrogens with one attached hydrogen (secondary N) is 1. The quantitative estimate of drug-likeness (QED) is 0.538. The topological polar surface area (TPSA) is 15.3 Å². The van der Waals surface area contributed by atoms with E-state index in [0.29, 0.717) is 12.1 Å². The number of hydrogen-bond acceptors (Lipinski definition) is 2. The number of hydrogen-bond donors (Lipinski definition) is 1. The minimum Gasteiger partial charge on any atom is -0.313 e. The van der Waals surface area contributed by atoms with Gasteiger partial charge in [-0.15, -0.1) is 12.3 Å². The van der Waals surface area contributed by atoms with Crippen LogP contribution < -0.4 is 5.32 Å².